The van der Waals surface area contributed by atoms with Crippen molar-refractivity contribution in [2.45, 2.75) is 58.0 Å². The van der Waals surface area contributed by atoms with Gasteiger partial charge in [0.25, 0.3) is 0 Å². The standard InChI is InChI=1S/C12H23BrO/c1-11(7-9-13)8-10-14-12-5-3-2-4-6-12/h11-12H,2-10H2,1H3. The lowest BCUT2D eigenvalue weighted by Crippen LogP contribution is -2.18. The molecule has 0 spiro atoms. The minimum Gasteiger partial charge on any atom is -0.378 e. The lowest BCUT2D eigenvalue weighted by molar-refractivity contribution is 0.0220. The van der Waals surface area contributed by atoms with E-state index in [1.807, 2.05) is 0 Å². The van der Waals surface area contributed by atoms with Crippen LogP contribution in [-0.2, 0) is 4.74 Å². The molecule has 0 aliphatic heterocycles. The van der Waals surface area contributed by atoms with E-state index < -0.39 is 0 Å². The van der Waals surface area contributed by atoms with E-state index >= 15 is 0 Å². The van der Waals surface area contributed by atoms with Gasteiger partial charge in [0.15, 0.2) is 0 Å². The third kappa shape index (κ3) is 5.35. The molecule has 14 heavy (non-hydrogen) atoms. The molecule has 1 fully saturated rings. The van der Waals surface area contributed by atoms with Crippen LogP contribution < -0.4 is 0 Å². The fraction of sp³-hybridized carbons (Fsp3) is 1.00. The van der Waals surface area contributed by atoms with Crippen LogP contribution >= 0.6 is 15.9 Å². The summed E-state index contributed by atoms with van der Waals surface area (Å²) in [6, 6.07) is 0. The molecule has 1 rings (SSSR count). The van der Waals surface area contributed by atoms with Crippen molar-refractivity contribution in [2.75, 3.05) is 11.9 Å². The Morgan fingerprint density at radius 2 is 1.93 bits per heavy atom. The predicted octanol–water partition coefficient (Wildman–Crippen LogP) is 4.15. The zero-order chi connectivity index (χ0) is 10.2. The molecular weight excluding hydrogens is 240 g/mol. The van der Waals surface area contributed by atoms with Crippen LogP contribution in [0.5, 0.6) is 0 Å². The molecule has 0 radical (unpaired) electrons. The Morgan fingerprint density at radius 1 is 1.21 bits per heavy atom. The predicted molar refractivity (Wildman–Crippen MR) is 65.0 cm³/mol. The summed E-state index contributed by atoms with van der Waals surface area (Å²) >= 11 is 3.48. The first kappa shape index (κ1) is 12.5. The summed E-state index contributed by atoms with van der Waals surface area (Å²) in [4.78, 5) is 0. The van der Waals surface area contributed by atoms with Crippen LogP contribution in [0, 0.1) is 5.92 Å². The van der Waals surface area contributed by atoms with Gasteiger partial charge in [-0.25, -0.2) is 0 Å². The number of halogens is 1. The molecule has 0 N–H and O–H groups in total. The fourth-order valence-corrected chi connectivity index (χ4v) is 2.78. The molecule has 0 bridgehead atoms. The summed E-state index contributed by atoms with van der Waals surface area (Å²) in [5.74, 6) is 0.804. The number of hydrogen-bond acceptors (Lipinski definition) is 1. The fourth-order valence-electron chi connectivity index (χ4n) is 2.00. The third-order valence-corrected chi connectivity index (χ3v) is 3.58. The van der Waals surface area contributed by atoms with Crippen LogP contribution in [0.3, 0.4) is 0 Å². The second-order valence-corrected chi connectivity index (χ2v) is 5.30. The zero-order valence-electron chi connectivity index (χ0n) is 9.30. The Hall–Kier alpha value is 0.440. The van der Waals surface area contributed by atoms with E-state index in [4.69, 9.17) is 4.74 Å². The van der Waals surface area contributed by atoms with Crippen molar-refractivity contribution in [1.29, 1.82) is 0 Å². The minimum atomic E-state index is 0.583. The Kier molecular flexibility index (Phi) is 6.88. The Morgan fingerprint density at radius 3 is 2.57 bits per heavy atom. The summed E-state index contributed by atoms with van der Waals surface area (Å²) in [6.45, 7) is 3.28. The van der Waals surface area contributed by atoms with Gasteiger partial charge in [0, 0.05) is 11.9 Å². The molecule has 1 atom stereocenters. The summed E-state index contributed by atoms with van der Waals surface area (Å²) < 4.78 is 5.88. The van der Waals surface area contributed by atoms with Crippen LogP contribution in [-0.4, -0.2) is 18.0 Å². The van der Waals surface area contributed by atoms with Crippen molar-refractivity contribution in [2.24, 2.45) is 5.92 Å². The van der Waals surface area contributed by atoms with Gasteiger partial charge in [-0.3, -0.25) is 0 Å². The van der Waals surface area contributed by atoms with Gasteiger partial charge >= 0.3 is 0 Å². The Bertz CT molecular complexity index is 132. The van der Waals surface area contributed by atoms with Gasteiger partial charge in [0.2, 0.25) is 0 Å². The first-order chi connectivity index (χ1) is 6.83. The summed E-state index contributed by atoms with van der Waals surface area (Å²) in [6.07, 6.45) is 9.85. The molecule has 84 valence electrons. The van der Waals surface area contributed by atoms with Gasteiger partial charge in [0.1, 0.15) is 0 Å². The van der Waals surface area contributed by atoms with E-state index in [9.17, 15) is 0 Å². The minimum absolute atomic E-state index is 0.583. The number of hydrogen-bond donors (Lipinski definition) is 0. The molecule has 0 amide bonds. The maximum Gasteiger partial charge on any atom is 0.0575 e. The maximum atomic E-state index is 5.88. The molecular formula is C12H23BrO. The Balaban J connectivity index is 1.96. The van der Waals surface area contributed by atoms with Crippen LogP contribution in [0.25, 0.3) is 0 Å². The SMILES string of the molecule is CC(CCBr)CCOC1CCCCC1. The average molecular weight is 263 g/mol. The number of rotatable bonds is 6. The van der Waals surface area contributed by atoms with Crippen LogP contribution in [0.4, 0.5) is 0 Å². The Labute approximate surface area is 96.7 Å². The van der Waals surface area contributed by atoms with E-state index in [1.54, 1.807) is 0 Å². The maximum absolute atomic E-state index is 5.88. The quantitative estimate of drug-likeness (QED) is 0.654. The van der Waals surface area contributed by atoms with E-state index in [0.29, 0.717) is 6.10 Å². The zero-order valence-corrected chi connectivity index (χ0v) is 10.9. The van der Waals surface area contributed by atoms with Crippen molar-refractivity contribution >= 4 is 15.9 Å². The summed E-state index contributed by atoms with van der Waals surface area (Å²) in [5.41, 5.74) is 0. The van der Waals surface area contributed by atoms with Gasteiger partial charge in [-0.15, -0.1) is 0 Å². The highest BCUT2D eigenvalue weighted by molar-refractivity contribution is 9.09. The molecule has 1 unspecified atom stereocenters. The highest BCUT2D eigenvalue weighted by atomic mass is 79.9. The summed E-state index contributed by atoms with van der Waals surface area (Å²) in [5, 5.41) is 1.12. The highest BCUT2D eigenvalue weighted by Gasteiger charge is 2.13. The normalized spacial score (nSPS) is 21.0. The summed E-state index contributed by atoms with van der Waals surface area (Å²) in [7, 11) is 0. The largest absolute Gasteiger partial charge is 0.378 e. The van der Waals surface area contributed by atoms with Crippen LogP contribution in [0.2, 0.25) is 0 Å². The second-order valence-electron chi connectivity index (χ2n) is 4.50. The van der Waals surface area contributed by atoms with Gasteiger partial charge in [-0.05, 0) is 31.6 Å². The van der Waals surface area contributed by atoms with E-state index in [0.717, 1.165) is 17.9 Å². The average Bonchev–Trinajstić information content (AvgIpc) is 2.20. The lowest BCUT2D eigenvalue weighted by atomic mass is 9.98. The molecule has 0 aromatic rings. The van der Waals surface area contributed by atoms with E-state index in [1.165, 1.54) is 44.9 Å². The van der Waals surface area contributed by atoms with Crippen molar-refractivity contribution in [3.63, 3.8) is 0 Å². The van der Waals surface area contributed by atoms with Gasteiger partial charge < -0.3 is 4.74 Å². The van der Waals surface area contributed by atoms with Crippen LogP contribution in [0.1, 0.15) is 51.9 Å². The van der Waals surface area contributed by atoms with Crippen molar-refractivity contribution in [3.8, 4) is 0 Å². The molecule has 0 aromatic heterocycles. The van der Waals surface area contributed by atoms with Crippen molar-refractivity contribution < 1.29 is 4.74 Å². The van der Waals surface area contributed by atoms with Gasteiger partial charge in [-0.2, -0.15) is 0 Å². The lowest BCUT2D eigenvalue weighted by Gasteiger charge is -2.22. The smallest absolute Gasteiger partial charge is 0.0575 e. The van der Waals surface area contributed by atoms with E-state index in [2.05, 4.69) is 22.9 Å². The molecule has 0 aromatic carbocycles. The second kappa shape index (κ2) is 7.70. The molecule has 1 aliphatic rings. The monoisotopic (exact) mass is 262 g/mol. The molecule has 1 nitrogen and oxygen atoms in total. The molecule has 1 aliphatic carbocycles. The molecule has 1 saturated carbocycles. The van der Waals surface area contributed by atoms with Crippen molar-refractivity contribution in [1.82, 2.24) is 0 Å². The van der Waals surface area contributed by atoms with Crippen molar-refractivity contribution in [3.05, 3.63) is 0 Å². The topological polar surface area (TPSA) is 9.23 Å². The number of ether oxygens (including phenoxy) is 1. The van der Waals surface area contributed by atoms with Gasteiger partial charge in [0.05, 0.1) is 6.10 Å². The third-order valence-electron chi connectivity index (χ3n) is 3.12. The first-order valence-corrected chi connectivity index (χ1v) is 7.12. The molecule has 0 saturated heterocycles. The van der Waals surface area contributed by atoms with Gasteiger partial charge in [-0.1, -0.05) is 42.1 Å². The van der Waals surface area contributed by atoms with Crippen LogP contribution in [0.15, 0.2) is 0 Å². The highest BCUT2D eigenvalue weighted by Crippen LogP contribution is 2.21. The van der Waals surface area contributed by atoms with E-state index in [-0.39, 0.29) is 0 Å². The molecule has 2 heteroatoms. The molecule has 0 heterocycles. The first-order valence-electron chi connectivity index (χ1n) is 6.00. The number of alkyl halides is 1.